The normalized spacial score (nSPS) is 22.4. The van der Waals surface area contributed by atoms with Gasteiger partial charge in [-0.3, -0.25) is 4.79 Å². The fourth-order valence-electron chi connectivity index (χ4n) is 3.09. The van der Waals surface area contributed by atoms with Gasteiger partial charge in [0.1, 0.15) is 16.9 Å². The molecule has 0 saturated carbocycles. The van der Waals surface area contributed by atoms with Crippen LogP contribution >= 0.6 is 0 Å². The minimum atomic E-state index is -1.09. The Bertz CT molecular complexity index is 563. The van der Waals surface area contributed by atoms with E-state index in [9.17, 15) is 9.90 Å². The Morgan fingerprint density at radius 1 is 1.04 bits per heavy atom. The van der Waals surface area contributed by atoms with Crippen molar-refractivity contribution < 1.29 is 19.4 Å². The lowest BCUT2D eigenvalue weighted by molar-refractivity contribution is -0.144. The lowest BCUT2D eigenvalue weighted by Crippen LogP contribution is -2.33. The molecule has 0 atom stereocenters. The van der Waals surface area contributed by atoms with Gasteiger partial charge in [0, 0.05) is 0 Å². The van der Waals surface area contributed by atoms with Gasteiger partial charge in [-0.1, -0.05) is 23.3 Å². The van der Waals surface area contributed by atoms with E-state index in [4.69, 9.17) is 9.47 Å². The van der Waals surface area contributed by atoms with Crippen LogP contribution in [0.3, 0.4) is 0 Å². The average Bonchev–Trinajstić information content (AvgIpc) is 2.54. The molecule has 0 radical (unpaired) electrons. The van der Waals surface area contributed by atoms with Gasteiger partial charge >= 0.3 is 5.97 Å². The third-order valence-corrected chi connectivity index (χ3v) is 4.47. The molecule has 0 aromatic carbocycles. The highest BCUT2D eigenvalue weighted by molar-refractivity contribution is 5.80. The van der Waals surface area contributed by atoms with Gasteiger partial charge in [-0.05, 0) is 65.5 Å². The summed E-state index contributed by atoms with van der Waals surface area (Å²) < 4.78 is 11.1. The van der Waals surface area contributed by atoms with Gasteiger partial charge in [0.25, 0.3) is 0 Å². The summed E-state index contributed by atoms with van der Waals surface area (Å²) in [7, 11) is 3.20. The number of allylic oxidation sites excluding steroid dienone is 4. The zero-order valence-electron chi connectivity index (χ0n) is 16.4. The molecule has 0 saturated heterocycles. The number of methoxy groups -OCH3 is 2. The zero-order chi connectivity index (χ0) is 19.0. The monoisotopic (exact) mass is 348 g/mol. The Morgan fingerprint density at radius 3 is 1.92 bits per heavy atom. The second-order valence-electron chi connectivity index (χ2n) is 7.08. The number of carbonyl (C=O) groups is 1. The van der Waals surface area contributed by atoms with Crippen LogP contribution in [0.2, 0.25) is 0 Å². The third kappa shape index (κ3) is 5.80. The fourth-order valence-corrected chi connectivity index (χ4v) is 3.09. The lowest BCUT2D eigenvalue weighted by Gasteiger charge is -2.33. The van der Waals surface area contributed by atoms with Crippen LogP contribution in [0.25, 0.3) is 0 Å². The summed E-state index contributed by atoms with van der Waals surface area (Å²) >= 11 is 0. The molecular formula is C21H32O4. The summed E-state index contributed by atoms with van der Waals surface area (Å²) in [6.07, 6.45) is 10.7. The highest BCUT2D eigenvalue weighted by atomic mass is 16.5. The van der Waals surface area contributed by atoms with Crippen LogP contribution in [0.1, 0.15) is 53.4 Å². The van der Waals surface area contributed by atoms with Crippen LogP contribution in [0.4, 0.5) is 0 Å². The number of carboxylic acid groups (broad SMARTS) is 1. The molecule has 0 amide bonds. The smallest absolute Gasteiger partial charge is 0.317 e. The quantitative estimate of drug-likeness (QED) is 0.579. The van der Waals surface area contributed by atoms with E-state index in [2.05, 4.69) is 26.0 Å². The van der Waals surface area contributed by atoms with Gasteiger partial charge in [0.2, 0.25) is 0 Å². The van der Waals surface area contributed by atoms with Gasteiger partial charge < -0.3 is 14.6 Å². The van der Waals surface area contributed by atoms with E-state index in [1.807, 2.05) is 13.8 Å². The molecule has 25 heavy (non-hydrogen) atoms. The number of rotatable bonds is 9. The van der Waals surface area contributed by atoms with Gasteiger partial charge in [-0.2, -0.15) is 0 Å². The van der Waals surface area contributed by atoms with E-state index in [1.165, 1.54) is 11.1 Å². The standard InChI is InChI=1S/C21H32O4/c1-15(2)9-7-11-17-18(24-5)13-21(20(22)23,14-19(17)25-6)12-8-10-16(3)4/h9-10,13-14,17H,7-8,11-12H2,1-6H3,(H,22,23). The maximum Gasteiger partial charge on any atom is 0.317 e. The Labute approximate surface area is 151 Å². The van der Waals surface area contributed by atoms with E-state index in [0.29, 0.717) is 24.4 Å². The molecule has 4 heteroatoms. The second-order valence-corrected chi connectivity index (χ2v) is 7.08. The summed E-state index contributed by atoms with van der Waals surface area (Å²) in [6, 6.07) is 0. The molecule has 0 bridgehead atoms. The molecule has 0 heterocycles. The molecular weight excluding hydrogens is 316 g/mol. The van der Waals surface area contributed by atoms with Crippen LogP contribution < -0.4 is 0 Å². The van der Waals surface area contributed by atoms with E-state index >= 15 is 0 Å². The largest absolute Gasteiger partial charge is 0.501 e. The minimum absolute atomic E-state index is 0.0403. The Morgan fingerprint density at radius 2 is 1.52 bits per heavy atom. The number of carboxylic acids is 1. The summed E-state index contributed by atoms with van der Waals surface area (Å²) in [5, 5.41) is 9.89. The first-order valence-electron chi connectivity index (χ1n) is 8.79. The van der Waals surface area contributed by atoms with Crippen LogP contribution in [-0.2, 0) is 14.3 Å². The predicted molar refractivity (Wildman–Crippen MR) is 101 cm³/mol. The van der Waals surface area contributed by atoms with Gasteiger partial charge in [0.15, 0.2) is 0 Å². The minimum Gasteiger partial charge on any atom is -0.501 e. The van der Waals surface area contributed by atoms with Crippen molar-refractivity contribution in [1.82, 2.24) is 0 Å². The highest BCUT2D eigenvalue weighted by Crippen LogP contribution is 2.42. The van der Waals surface area contributed by atoms with Gasteiger partial charge in [0.05, 0.1) is 20.1 Å². The van der Waals surface area contributed by atoms with Gasteiger partial charge in [-0.15, -0.1) is 0 Å². The summed E-state index contributed by atoms with van der Waals surface area (Å²) in [5.41, 5.74) is 1.36. The maximum atomic E-state index is 12.1. The van der Waals surface area contributed by atoms with Crippen molar-refractivity contribution in [3.05, 3.63) is 47.0 Å². The van der Waals surface area contributed by atoms with E-state index < -0.39 is 11.4 Å². The zero-order valence-corrected chi connectivity index (χ0v) is 16.4. The fraction of sp³-hybridized carbons (Fsp3) is 0.571. The molecule has 0 unspecified atom stereocenters. The molecule has 1 N–H and O–H groups in total. The van der Waals surface area contributed by atoms with Crippen LogP contribution in [0.5, 0.6) is 0 Å². The van der Waals surface area contributed by atoms with Crippen molar-refractivity contribution in [3.8, 4) is 0 Å². The summed E-state index contributed by atoms with van der Waals surface area (Å²) in [6.45, 7) is 8.17. The molecule has 0 spiro atoms. The Balaban J connectivity index is 3.16. The van der Waals surface area contributed by atoms with Crippen molar-refractivity contribution in [2.75, 3.05) is 14.2 Å². The maximum absolute atomic E-state index is 12.1. The van der Waals surface area contributed by atoms with Crippen molar-refractivity contribution >= 4 is 5.97 Å². The predicted octanol–water partition coefficient (Wildman–Crippen LogP) is 5.24. The first-order chi connectivity index (χ1) is 11.8. The Kier molecular flexibility index (Phi) is 8.01. The number of hydrogen-bond donors (Lipinski definition) is 1. The highest BCUT2D eigenvalue weighted by Gasteiger charge is 2.41. The van der Waals surface area contributed by atoms with Crippen LogP contribution in [0, 0.1) is 11.3 Å². The van der Waals surface area contributed by atoms with Crippen molar-refractivity contribution in [2.24, 2.45) is 11.3 Å². The SMILES string of the molecule is COC1=CC(CCC=C(C)C)(C(=O)O)C=C(OC)C1CCC=C(C)C. The molecule has 0 aliphatic heterocycles. The van der Waals surface area contributed by atoms with E-state index in [-0.39, 0.29) is 5.92 Å². The van der Waals surface area contributed by atoms with Crippen LogP contribution in [0.15, 0.2) is 47.0 Å². The van der Waals surface area contributed by atoms with Crippen molar-refractivity contribution in [1.29, 1.82) is 0 Å². The third-order valence-electron chi connectivity index (χ3n) is 4.47. The van der Waals surface area contributed by atoms with Gasteiger partial charge in [-0.25, -0.2) is 0 Å². The first-order valence-corrected chi connectivity index (χ1v) is 8.79. The van der Waals surface area contributed by atoms with E-state index in [1.54, 1.807) is 26.4 Å². The lowest BCUT2D eigenvalue weighted by atomic mass is 9.75. The average molecular weight is 348 g/mol. The molecule has 0 aromatic rings. The number of ether oxygens (including phenoxy) is 2. The molecule has 1 aliphatic carbocycles. The second kappa shape index (κ2) is 9.50. The molecule has 140 valence electrons. The van der Waals surface area contributed by atoms with E-state index in [0.717, 1.165) is 12.8 Å². The number of aliphatic carboxylic acids is 1. The topological polar surface area (TPSA) is 55.8 Å². The molecule has 4 nitrogen and oxygen atoms in total. The van der Waals surface area contributed by atoms with Crippen LogP contribution in [-0.4, -0.2) is 25.3 Å². The molecule has 1 rings (SSSR count). The number of hydrogen-bond acceptors (Lipinski definition) is 3. The van der Waals surface area contributed by atoms with Crippen molar-refractivity contribution in [2.45, 2.75) is 53.4 Å². The molecule has 0 fully saturated rings. The van der Waals surface area contributed by atoms with Crippen molar-refractivity contribution in [3.63, 3.8) is 0 Å². The molecule has 0 aromatic heterocycles. The summed E-state index contributed by atoms with van der Waals surface area (Å²) in [4.78, 5) is 12.1. The first kappa shape index (κ1) is 21.1. The molecule has 1 aliphatic rings. The Hall–Kier alpha value is -1.97. The summed E-state index contributed by atoms with van der Waals surface area (Å²) in [5.74, 6) is 0.449.